The van der Waals surface area contributed by atoms with E-state index in [0.29, 0.717) is 32.2 Å². The second kappa shape index (κ2) is 28.5. The predicted octanol–water partition coefficient (Wildman–Crippen LogP) is 2.22. The van der Waals surface area contributed by atoms with Gasteiger partial charge in [-0.05, 0) is 76.5 Å². The van der Waals surface area contributed by atoms with E-state index in [2.05, 4.69) is 21.3 Å². The Hall–Kier alpha value is -4.71. The highest BCUT2D eigenvalue weighted by Crippen LogP contribution is 2.26. The van der Waals surface area contributed by atoms with Crippen molar-refractivity contribution in [3.05, 3.63) is 0 Å². The fourth-order valence-electron chi connectivity index (χ4n) is 8.75. The summed E-state index contributed by atoms with van der Waals surface area (Å²) in [4.78, 5) is 144. The molecule has 8 atom stereocenters. The lowest BCUT2D eigenvalue weighted by atomic mass is 9.87. The van der Waals surface area contributed by atoms with Crippen LogP contribution in [0.1, 0.15) is 152 Å². The highest BCUT2D eigenvalue weighted by Gasteiger charge is 2.36. The predicted molar refractivity (Wildman–Crippen MR) is 245 cm³/mol. The minimum absolute atomic E-state index is 0.0118. The Bertz CT molecular complexity index is 1750. The van der Waals surface area contributed by atoms with Crippen LogP contribution >= 0.6 is 0 Å². The number of ketones is 6. The van der Waals surface area contributed by atoms with Crippen LogP contribution in [0.25, 0.3) is 0 Å². The Balaban J connectivity index is 1.98. The molecule has 372 valence electrons. The number of rotatable bonds is 32. The van der Waals surface area contributed by atoms with Crippen molar-refractivity contribution in [2.45, 2.75) is 182 Å². The zero-order valence-corrected chi connectivity index (χ0v) is 40.5. The molecule has 5 amide bonds. The highest BCUT2D eigenvalue weighted by atomic mass is 16.3. The van der Waals surface area contributed by atoms with Gasteiger partial charge in [0.25, 0.3) is 0 Å². The van der Waals surface area contributed by atoms with E-state index < -0.39 is 95.5 Å². The number of hydrogen-bond donors (Lipinski definition) is 6. The van der Waals surface area contributed by atoms with Crippen LogP contribution in [0, 0.1) is 35.5 Å². The summed E-state index contributed by atoms with van der Waals surface area (Å²) in [7, 11) is 0. The molecule has 2 heterocycles. The first-order chi connectivity index (χ1) is 30.9. The number of hydrogen-bond acceptors (Lipinski definition) is 13. The largest absolute Gasteiger partial charge is 0.392 e. The monoisotopic (exact) mass is 931 g/mol. The second-order valence-corrected chi connectivity index (χ2v) is 19.8. The molecule has 0 aliphatic carbocycles. The Morgan fingerprint density at radius 1 is 0.697 bits per heavy atom. The quantitative estimate of drug-likeness (QED) is 0.0565. The first-order valence-corrected chi connectivity index (χ1v) is 23.9. The molecule has 66 heavy (non-hydrogen) atoms. The maximum Gasteiger partial charge on any atom is 0.224 e. The van der Waals surface area contributed by atoms with Crippen LogP contribution in [0.4, 0.5) is 0 Å². The summed E-state index contributed by atoms with van der Waals surface area (Å²) in [6.45, 7) is 14.6. The molecule has 0 spiro atoms. The average molecular weight is 931 g/mol. The van der Waals surface area contributed by atoms with Crippen LogP contribution in [0.2, 0.25) is 0 Å². The molecule has 18 heteroatoms. The molecule has 7 N–H and O–H groups in total. The molecule has 2 rings (SSSR count). The third kappa shape index (κ3) is 20.9. The number of primary amides is 1. The van der Waals surface area contributed by atoms with E-state index in [9.17, 15) is 57.8 Å². The summed E-state index contributed by atoms with van der Waals surface area (Å²) in [5.41, 5.74) is 5.33. The zero-order valence-electron chi connectivity index (χ0n) is 40.5. The molecule has 0 unspecified atom stereocenters. The standard InChI is InChI=1S/C48H78N6O12/c1-27(2)18-32(31(8)55)22-43(61)39-10-9-17-54(39)46(64)16-13-40(58)30(7)52-48(66)33(19-28(3)4)21-35(56)26-51-47(65)34(20-29(5)6)23-42(60)37(11-14-44(49)62)53-45(63)15-12-41(59)38-24-36(57)25-50-38/h27-30,32-34,36-39,50,57H,9-26H2,1-8H3,(H2,49,62)(H,51,65)(H,52,66)(H,53,63)/t30-,32+,33+,34+,36+,37-,38-,39-/m0/s1. The van der Waals surface area contributed by atoms with Crippen molar-refractivity contribution in [1.29, 1.82) is 0 Å². The van der Waals surface area contributed by atoms with E-state index in [1.807, 2.05) is 41.5 Å². The summed E-state index contributed by atoms with van der Waals surface area (Å²) >= 11 is 0. The molecule has 0 aromatic heterocycles. The number of nitrogens with one attached hydrogen (secondary N) is 4. The highest BCUT2D eigenvalue weighted by molar-refractivity contribution is 5.97. The molecule has 2 saturated heterocycles. The molecule has 2 aliphatic heterocycles. The molecular weight excluding hydrogens is 853 g/mol. The number of β-amino-alcohol motifs (C(OH)–C–C–N with tert-alkyl or cyclic N) is 1. The van der Waals surface area contributed by atoms with Gasteiger partial charge in [0.15, 0.2) is 23.1 Å². The van der Waals surface area contributed by atoms with Gasteiger partial charge in [-0.25, -0.2) is 0 Å². The molecule has 0 aromatic rings. The minimum Gasteiger partial charge on any atom is -0.392 e. The Labute approximate surface area is 390 Å². The van der Waals surface area contributed by atoms with Crippen molar-refractivity contribution >= 4 is 64.2 Å². The van der Waals surface area contributed by atoms with Crippen LogP contribution in [-0.2, 0) is 52.7 Å². The summed E-state index contributed by atoms with van der Waals surface area (Å²) in [5.74, 6) is -6.60. The van der Waals surface area contributed by atoms with Crippen molar-refractivity contribution in [1.82, 2.24) is 26.2 Å². The smallest absolute Gasteiger partial charge is 0.224 e. The lowest BCUT2D eigenvalue weighted by Gasteiger charge is -2.26. The summed E-state index contributed by atoms with van der Waals surface area (Å²) in [5, 5.41) is 20.5. The van der Waals surface area contributed by atoms with E-state index in [0.717, 1.165) is 0 Å². The van der Waals surface area contributed by atoms with Gasteiger partial charge >= 0.3 is 0 Å². The molecule has 2 aliphatic rings. The third-order valence-corrected chi connectivity index (χ3v) is 12.3. The second-order valence-electron chi connectivity index (χ2n) is 19.8. The van der Waals surface area contributed by atoms with Crippen molar-refractivity contribution in [3.63, 3.8) is 0 Å². The Morgan fingerprint density at radius 3 is 1.86 bits per heavy atom. The molecule has 18 nitrogen and oxygen atoms in total. The van der Waals surface area contributed by atoms with Gasteiger partial charge in [-0.3, -0.25) is 52.7 Å². The fraction of sp³-hybridized carbons (Fsp3) is 0.771. The normalized spacial score (nSPS) is 19.5. The number of amides is 5. The maximum atomic E-state index is 13.6. The third-order valence-electron chi connectivity index (χ3n) is 12.3. The summed E-state index contributed by atoms with van der Waals surface area (Å²) in [6.07, 6.45) is 0.321. The van der Waals surface area contributed by atoms with Gasteiger partial charge in [-0.1, -0.05) is 41.5 Å². The van der Waals surface area contributed by atoms with E-state index >= 15 is 0 Å². The van der Waals surface area contributed by atoms with Crippen molar-refractivity contribution in [3.8, 4) is 0 Å². The first-order valence-electron chi connectivity index (χ1n) is 23.9. The van der Waals surface area contributed by atoms with Gasteiger partial charge in [-0.15, -0.1) is 0 Å². The first kappa shape index (κ1) is 57.4. The van der Waals surface area contributed by atoms with E-state index in [1.54, 1.807) is 0 Å². The van der Waals surface area contributed by atoms with E-state index in [4.69, 9.17) is 5.73 Å². The number of likely N-dealkylation sites (tertiary alicyclic amines) is 1. The molecule has 0 bridgehead atoms. The van der Waals surface area contributed by atoms with Crippen molar-refractivity contribution < 1.29 is 57.8 Å². The van der Waals surface area contributed by atoms with Crippen LogP contribution in [-0.4, -0.2) is 124 Å². The van der Waals surface area contributed by atoms with E-state index in [-0.39, 0.29) is 118 Å². The molecular formula is C48H78N6O12. The van der Waals surface area contributed by atoms with Gasteiger partial charge in [0.2, 0.25) is 29.5 Å². The number of carbonyl (C=O) groups is 11. The van der Waals surface area contributed by atoms with Gasteiger partial charge < -0.3 is 37.0 Å². The molecule has 2 fully saturated rings. The number of Topliss-reactive ketones (excluding diaryl/α,β-unsaturated/α-hetero) is 6. The number of carbonyl (C=O) groups excluding carboxylic acids is 11. The summed E-state index contributed by atoms with van der Waals surface area (Å²) < 4.78 is 0. The topological polar surface area (TPSA) is 285 Å². The van der Waals surface area contributed by atoms with Gasteiger partial charge in [0.1, 0.15) is 11.6 Å². The van der Waals surface area contributed by atoms with Crippen molar-refractivity contribution in [2.75, 3.05) is 19.6 Å². The minimum atomic E-state index is -1.17. The zero-order chi connectivity index (χ0) is 49.8. The van der Waals surface area contributed by atoms with Crippen LogP contribution in [0.15, 0.2) is 0 Å². The molecule has 0 saturated carbocycles. The van der Waals surface area contributed by atoms with E-state index in [1.165, 1.54) is 18.7 Å². The lowest BCUT2D eigenvalue weighted by Crippen LogP contribution is -2.45. The summed E-state index contributed by atoms with van der Waals surface area (Å²) in [6, 6.07) is -3.35. The lowest BCUT2D eigenvalue weighted by molar-refractivity contribution is -0.139. The Morgan fingerprint density at radius 2 is 1.30 bits per heavy atom. The maximum absolute atomic E-state index is 13.6. The molecule has 0 aromatic carbocycles. The number of aliphatic hydroxyl groups is 1. The number of nitrogens with two attached hydrogens (primary N) is 1. The van der Waals surface area contributed by atoms with Crippen LogP contribution < -0.4 is 27.0 Å². The van der Waals surface area contributed by atoms with Gasteiger partial charge in [0, 0.05) is 82.2 Å². The fourth-order valence-corrected chi connectivity index (χ4v) is 8.75. The van der Waals surface area contributed by atoms with Gasteiger partial charge in [-0.2, -0.15) is 0 Å². The number of nitrogens with zero attached hydrogens (tertiary/aromatic N) is 1. The SMILES string of the molecule is CC(=O)[C@@H](CC(=O)[C@@H]1CCCN1C(=O)CCC(=O)[C@H](C)NC(=O)[C@@H](CC(=O)CNC(=O)[C@@H](CC(=O)[C@H](CCC(N)=O)NC(=O)CCC(=O)[C@@H]1C[C@@H](O)CN1)CC(C)C)CC(C)C)CC(C)C. The average Bonchev–Trinajstić information content (AvgIpc) is 3.91. The van der Waals surface area contributed by atoms with Crippen LogP contribution in [0.3, 0.4) is 0 Å². The molecule has 0 radical (unpaired) electrons. The van der Waals surface area contributed by atoms with Gasteiger partial charge in [0.05, 0.1) is 36.8 Å². The van der Waals surface area contributed by atoms with Crippen molar-refractivity contribution in [2.24, 2.45) is 41.2 Å². The number of aliphatic hydroxyl groups excluding tert-OH is 1. The Kier molecular flexibility index (Phi) is 24.8. The van der Waals surface area contributed by atoms with Crippen LogP contribution in [0.5, 0.6) is 0 Å².